The molecule has 0 aromatic carbocycles. The first-order chi connectivity index (χ1) is 4.00. The summed E-state index contributed by atoms with van der Waals surface area (Å²) in [6.07, 6.45) is 0. The maximum absolute atomic E-state index is 8.59. The third-order valence-electron chi connectivity index (χ3n) is 0. The summed E-state index contributed by atoms with van der Waals surface area (Å²) in [7, 11) is 0. The van der Waals surface area contributed by atoms with Gasteiger partial charge in [0.05, 0.1) is 0 Å². The van der Waals surface area contributed by atoms with Gasteiger partial charge in [0, 0.05) is 0 Å². The first-order valence-corrected chi connectivity index (χ1v) is 6.93. The molecule has 0 saturated heterocycles. The second-order valence-electron chi connectivity index (χ2n) is 0.816. The summed E-state index contributed by atoms with van der Waals surface area (Å²) >= 11 is -11.5. The van der Waals surface area contributed by atoms with Crippen molar-refractivity contribution >= 4 is 26.7 Å². The molecule has 0 unspecified atom stereocenters. The number of hydrogen-bond acceptors (Lipinski definition) is 8. The Morgan fingerprint density at radius 2 is 0.615 bits per heavy atom. The van der Waals surface area contributed by atoms with Crippen molar-refractivity contribution < 1.29 is 111 Å². The van der Waals surface area contributed by atoms with Crippen LogP contribution in [0.25, 0.3) is 0 Å². The average Bonchev–Trinajstić information content (AvgIpc) is 1.12. The van der Waals surface area contributed by atoms with E-state index in [0.29, 0.717) is 0 Å². The third-order valence-corrected chi connectivity index (χ3v) is 0. The Morgan fingerprint density at radius 1 is 0.615 bits per heavy atom. The summed E-state index contributed by atoms with van der Waals surface area (Å²) in [6, 6.07) is 0. The Labute approximate surface area is 135 Å². The molecule has 0 amide bonds. The minimum atomic E-state index is -5.75. The summed E-state index contributed by atoms with van der Waals surface area (Å²) in [5.74, 6) is 0. The van der Waals surface area contributed by atoms with Crippen LogP contribution in [0.1, 0.15) is 0 Å². The minimum absolute atomic E-state index is 0. The molecule has 0 radical (unpaired) electrons. The summed E-state index contributed by atoms with van der Waals surface area (Å²) in [4.78, 5) is 0. The van der Waals surface area contributed by atoms with Crippen molar-refractivity contribution in [3.8, 4) is 0 Å². The Kier molecular flexibility index (Phi) is 29.1. The Morgan fingerprint density at radius 3 is 0.615 bits per heavy atom. The fraction of sp³-hybridized carbons (Fsp3) is 0. The predicted molar refractivity (Wildman–Crippen MR) is 14.3 cm³/mol. The standard InChI is InChI=1S/2Na.2H2O4Se.Zn/c;;2*1-5(2,3)4;/h;;2*(H2,1,2,3,4);/q2*+1;;;+2/p-4. The van der Waals surface area contributed by atoms with E-state index in [1.54, 1.807) is 0 Å². The van der Waals surface area contributed by atoms with Gasteiger partial charge in [-0.1, -0.05) is 0 Å². The topological polar surface area (TPSA) is 161 Å². The van der Waals surface area contributed by atoms with Gasteiger partial charge in [0.25, 0.3) is 0 Å². The summed E-state index contributed by atoms with van der Waals surface area (Å²) in [6.45, 7) is 0. The molecule has 13 heavy (non-hydrogen) atoms. The Bertz CT molecular complexity index is 217. The van der Waals surface area contributed by atoms with Crippen LogP contribution in [0.15, 0.2) is 0 Å². The fourth-order valence-electron chi connectivity index (χ4n) is 0. The van der Waals surface area contributed by atoms with Crippen LogP contribution in [-0.2, 0) is 34.8 Å². The molecule has 8 nitrogen and oxygen atoms in total. The molecule has 0 aromatic heterocycles. The second-order valence-corrected chi connectivity index (χ2v) is 4.24. The average molecular weight is 397 g/mol. The van der Waals surface area contributed by atoms with Crippen LogP contribution in [0.5, 0.6) is 0 Å². The van der Waals surface area contributed by atoms with Crippen LogP contribution in [-0.4, -0.2) is 26.7 Å². The van der Waals surface area contributed by atoms with E-state index >= 15 is 0 Å². The molecule has 0 N–H and O–H groups in total. The summed E-state index contributed by atoms with van der Waals surface area (Å²) < 4.78 is 68.8. The largest absolute Gasteiger partial charge is 2.00 e. The first-order valence-electron chi connectivity index (χ1n) is 1.33. The number of hydrogen-bond donors (Lipinski definition) is 0. The van der Waals surface area contributed by atoms with Crippen molar-refractivity contribution in [2.24, 2.45) is 0 Å². The van der Waals surface area contributed by atoms with Gasteiger partial charge in [-0.05, 0) is 0 Å². The van der Waals surface area contributed by atoms with E-state index in [9.17, 15) is 0 Å². The second kappa shape index (κ2) is 12.8. The van der Waals surface area contributed by atoms with E-state index in [4.69, 9.17) is 32.1 Å². The van der Waals surface area contributed by atoms with Crippen LogP contribution in [0.2, 0.25) is 0 Å². The molecule has 0 aromatic rings. The van der Waals surface area contributed by atoms with Gasteiger partial charge < -0.3 is 0 Å². The molecule has 0 spiro atoms. The molecule has 0 aliphatic rings. The summed E-state index contributed by atoms with van der Waals surface area (Å²) in [5.41, 5.74) is 0. The van der Waals surface area contributed by atoms with Crippen molar-refractivity contribution in [1.82, 2.24) is 0 Å². The van der Waals surface area contributed by atoms with Gasteiger partial charge in [-0.15, -0.1) is 0 Å². The van der Waals surface area contributed by atoms with E-state index in [1.807, 2.05) is 0 Å². The minimum Gasteiger partial charge on any atom is 1.00 e. The molecular formula is Na2O8Se2Zn. The van der Waals surface area contributed by atoms with E-state index in [0.717, 1.165) is 0 Å². The molecule has 64 valence electrons. The van der Waals surface area contributed by atoms with Gasteiger partial charge in [0.15, 0.2) is 0 Å². The van der Waals surface area contributed by atoms with Crippen LogP contribution < -0.4 is 75.9 Å². The molecule has 0 heterocycles. The molecule has 0 bridgehead atoms. The van der Waals surface area contributed by atoms with Gasteiger partial charge in [-0.2, -0.15) is 0 Å². The van der Waals surface area contributed by atoms with Crippen LogP contribution in [0.3, 0.4) is 0 Å². The Hall–Kier alpha value is 2.70. The van der Waals surface area contributed by atoms with Crippen LogP contribution in [0, 0.1) is 0 Å². The van der Waals surface area contributed by atoms with Gasteiger partial charge >= 0.3 is 137 Å². The molecule has 0 atom stereocenters. The predicted octanol–water partition coefficient (Wildman–Crippen LogP) is -12.0. The molecule has 0 aliphatic carbocycles. The normalized spacial score (nSPS) is 8.92. The quantitative estimate of drug-likeness (QED) is 0.364. The van der Waals surface area contributed by atoms with E-state index in [-0.39, 0.29) is 78.6 Å². The van der Waals surface area contributed by atoms with Gasteiger partial charge in [-0.3, -0.25) is 0 Å². The molecule has 0 aliphatic heterocycles. The number of rotatable bonds is 0. The van der Waals surface area contributed by atoms with Crippen molar-refractivity contribution in [1.29, 1.82) is 0 Å². The Balaban J connectivity index is -0.0000000267. The van der Waals surface area contributed by atoms with Crippen LogP contribution in [0.4, 0.5) is 0 Å². The molecule has 0 fully saturated rings. The zero-order valence-corrected chi connectivity index (χ0v) is 17.2. The first kappa shape index (κ1) is 29.6. The van der Waals surface area contributed by atoms with Gasteiger partial charge in [0.2, 0.25) is 0 Å². The fourth-order valence-corrected chi connectivity index (χ4v) is 0. The molecular weight excluding hydrogens is 397 g/mol. The van der Waals surface area contributed by atoms with Crippen molar-refractivity contribution in [2.75, 3.05) is 0 Å². The maximum atomic E-state index is 8.59. The summed E-state index contributed by atoms with van der Waals surface area (Å²) in [5, 5.41) is 0. The smallest absolute Gasteiger partial charge is 1.00 e. The molecule has 13 heteroatoms. The molecule has 0 rings (SSSR count). The van der Waals surface area contributed by atoms with E-state index in [2.05, 4.69) is 0 Å². The van der Waals surface area contributed by atoms with Crippen molar-refractivity contribution in [3.05, 3.63) is 0 Å². The van der Waals surface area contributed by atoms with E-state index in [1.165, 1.54) is 0 Å². The third kappa shape index (κ3) is 325. The molecule has 0 saturated carbocycles. The SMILES string of the molecule is O=[Se](=O)([O-])[O-].O=[Se](=O)([O-])[O-].[Na+].[Na+].[Zn+2]. The zero-order chi connectivity index (χ0) is 9.00. The van der Waals surface area contributed by atoms with Crippen LogP contribution >= 0.6 is 0 Å². The monoisotopic (exact) mass is 398 g/mol. The van der Waals surface area contributed by atoms with Gasteiger partial charge in [-0.25, -0.2) is 0 Å². The van der Waals surface area contributed by atoms with Crippen molar-refractivity contribution in [2.45, 2.75) is 0 Å². The van der Waals surface area contributed by atoms with Crippen molar-refractivity contribution in [3.63, 3.8) is 0 Å². The zero-order valence-electron chi connectivity index (χ0n) is 6.79. The van der Waals surface area contributed by atoms with E-state index < -0.39 is 26.7 Å². The maximum Gasteiger partial charge on any atom is 2.00 e. The van der Waals surface area contributed by atoms with Gasteiger partial charge in [0.1, 0.15) is 0 Å².